The van der Waals surface area contributed by atoms with Gasteiger partial charge in [0, 0.05) is 26.3 Å². The van der Waals surface area contributed by atoms with Crippen LogP contribution in [0.5, 0.6) is 5.75 Å². The van der Waals surface area contributed by atoms with Gasteiger partial charge < -0.3 is 19.9 Å². The Morgan fingerprint density at radius 2 is 2.33 bits per heavy atom. The van der Waals surface area contributed by atoms with E-state index in [0.29, 0.717) is 0 Å². The van der Waals surface area contributed by atoms with E-state index < -0.39 is 17.9 Å². The number of nitrogens with one attached hydrogen (secondary N) is 1. The number of carbonyl (C=O) groups excluding carboxylic acids is 1. The van der Waals surface area contributed by atoms with Crippen molar-refractivity contribution in [2.45, 2.75) is 12.5 Å². The van der Waals surface area contributed by atoms with E-state index in [9.17, 15) is 9.59 Å². The van der Waals surface area contributed by atoms with E-state index in [2.05, 4.69) is 16.9 Å². The highest BCUT2D eigenvalue weighted by Gasteiger charge is 2.22. The van der Waals surface area contributed by atoms with Crippen LogP contribution in [0.3, 0.4) is 0 Å². The lowest BCUT2D eigenvalue weighted by atomic mass is 10.2. The second-order valence-electron chi connectivity index (χ2n) is 4.10. The summed E-state index contributed by atoms with van der Waals surface area (Å²) in [5, 5.41) is 11.5. The zero-order valence-electron chi connectivity index (χ0n) is 11.7. The lowest BCUT2D eigenvalue weighted by Crippen LogP contribution is -2.41. The van der Waals surface area contributed by atoms with Gasteiger partial charge >= 0.3 is 5.97 Å². The van der Waals surface area contributed by atoms with E-state index >= 15 is 0 Å². The Labute approximate surface area is 122 Å². The summed E-state index contributed by atoms with van der Waals surface area (Å²) >= 11 is 0. The normalized spacial score (nSPS) is 11.5. The van der Waals surface area contributed by atoms with Crippen LogP contribution in [-0.4, -0.2) is 48.3 Å². The predicted molar refractivity (Wildman–Crippen MR) is 75.3 cm³/mol. The third-order valence-electron chi connectivity index (χ3n) is 2.56. The molecule has 1 heterocycles. The van der Waals surface area contributed by atoms with Crippen LogP contribution in [0.25, 0.3) is 0 Å². The maximum Gasteiger partial charge on any atom is 0.326 e. The van der Waals surface area contributed by atoms with Gasteiger partial charge in [0.05, 0.1) is 0 Å². The van der Waals surface area contributed by atoms with E-state index in [4.69, 9.17) is 14.6 Å². The van der Waals surface area contributed by atoms with Gasteiger partial charge in [-0.25, -0.2) is 9.78 Å². The molecule has 0 aliphatic heterocycles. The summed E-state index contributed by atoms with van der Waals surface area (Å²) in [6.45, 7) is 3.96. The van der Waals surface area contributed by atoms with Crippen molar-refractivity contribution in [3.05, 3.63) is 36.7 Å². The monoisotopic (exact) mass is 294 g/mol. The Morgan fingerprint density at radius 1 is 1.57 bits per heavy atom. The van der Waals surface area contributed by atoms with Gasteiger partial charge in [0.15, 0.2) is 11.4 Å². The number of aliphatic carboxylic acids is 1. The highest BCUT2D eigenvalue weighted by atomic mass is 16.5. The predicted octanol–water partition coefficient (Wildman–Crippen LogP) is 0.866. The quantitative estimate of drug-likeness (QED) is 0.656. The van der Waals surface area contributed by atoms with Gasteiger partial charge in [-0.2, -0.15) is 0 Å². The molecule has 0 radical (unpaired) electrons. The molecule has 114 valence electrons. The van der Waals surface area contributed by atoms with Crippen LogP contribution in [0.2, 0.25) is 0 Å². The van der Waals surface area contributed by atoms with E-state index in [-0.39, 0.29) is 31.1 Å². The van der Waals surface area contributed by atoms with Crippen LogP contribution in [-0.2, 0) is 9.53 Å². The van der Waals surface area contributed by atoms with E-state index in [1.165, 1.54) is 19.4 Å². The summed E-state index contributed by atoms with van der Waals surface area (Å²) in [6, 6.07) is 2.15. The Hall–Kier alpha value is -2.41. The molecule has 0 aromatic carbocycles. The Balaban J connectivity index is 2.81. The number of carboxylic acid groups (broad SMARTS) is 1. The fraction of sp³-hybridized carbons (Fsp3) is 0.357. The fourth-order valence-electron chi connectivity index (χ4n) is 1.55. The average Bonchev–Trinajstić information content (AvgIpc) is 2.49. The first-order chi connectivity index (χ1) is 10.1. The summed E-state index contributed by atoms with van der Waals surface area (Å²) < 4.78 is 10.1. The minimum Gasteiger partial charge on any atom is -0.487 e. The minimum absolute atomic E-state index is 0.0306. The molecule has 0 saturated carbocycles. The number of carbonyl (C=O) groups is 2. The number of ether oxygens (including phenoxy) is 2. The van der Waals surface area contributed by atoms with Crippen molar-refractivity contribution in [2.75, 3.05) is 20.3 Å². The number of aromatic nitrogens is 1. The first kappa shape index (κ1) is 16.6. The molecule has 0 bridgehead atoms. The number of rotatable bonds is 9. The molecule has 1 unspecified atom stereocenters. The number of hydrogen-bond acceptors (Lipinski definition) is 5. The van der Waals surface area contributed by atoms with Crippen molar-refractivity contribution in [2.24, 2.45) is 0 Å². The molecule has 0 aliphatic rings. The molecule has 0 fully saturated rings. The average molecular weight is 294 g/mol. The topological polar surface area (TPSA) is 97.8 Å². The summed E-state index contributed by atoms with van der Waals surface area (Å²) in [6.07, 6.45) is 3.13. The summed E-state index contributed by atoms with van der Waals surface area (Å²) in [5.74, 6) is -1.48. The summed E-state index contributed by atoms with van der Waals surface area (Å²) in [7, 11) is 1.46. The lowest BCUT2D eigenvalue weighted by Gasteiger charge is -2.15. The second-order valence-corrected chi connectivity index (χ2v) is 4.10. The molecule has 1 atom stereocenters. The molecule has 0 aliphatic carbocycles. The van der Waals surface area contributed by atoms with Crippen LogP contribution in [0.15, 0.2) is 31.0 Å². The molecule has 7 heteroatoms. The zero-order chi connectivity index (χ0) is 15.7. The first-order valence-electron chi connectivity index (χ1n) is 6.31. The van der Waals surface area contributed by atoms with E-state index in [1.807, 2.05) is 0 Å². The highest BCUT2D eigenvalue weighted by Crippen LogP contribution is 2.15. The molecule has 2 N–H and O–H groups in total. The maximum atomic E-state index is 12.1. The molecule has 21 heavy (non-hydrogen) atoms. The van der Waals surface area contributed by atoms with Crippen molar-refractivity contribution in [3.63, 3.8) is 0 Å². The third-order valence-corrected chi connectivity index (χ3v) is 2.56. The number of pyridine rings is 1. The Morgan fingerprint density at radius 3 is 2.95 bits per heavy atom. The van der Waals surface area contributed by atoms with Crippen LogP contribution >= 0.6 is 0 Å². The SMILES string of the molecule is C=CCOc1cccnc1C(=O)NC(CCOC)C(=O)O. The van der Waals surface area contributed by atoms with Gasteiger partial charge in [0.25, 0.3) is 5.91 Å². The van der Waals surface area contributed by atoms with Gasteiger partial charge in [-0.15, -0.1) is 0 Å². The van der Waals surface area contributed by atoms with Gasteiger partial charge in [0.2, 0.25) is 0 Å². The Kier molecular flexibility index (Phi) is 6.90. The first-order valence-corrected chi connectivity index (χ1v) is 6.31. The van der Waals surface area contributed by atoms with Gasteiger partial charge in [-0.3, -0.25) is 4.79 Å². The lowest BCUT2D eigenvalue weighted by molar-refractivity contribution is -0.139. The molecule has 1 aromatic heterocycles. The van der Waals surface area contributed by atoms with Gasteiger partial charge in [-0.1, -0.05) is 12.7 Å². The zero-order valence-corrected chi connectivity index (χ0v) is 11.7. The highest BCUT2D eigenvalue weighted by molar-refractivity contribution is 5.97. The number of nitrogens with zero attached hydrogens (tertiary/aromatic N) is 1. The molecule has 7 nitrogen and oxygen atoms in total. The molecular formula is C14H18N2O5. The molecular weight excluding hydrogens is 276 g/mol. The van der Waals surface area contributed by atoms with Crippen LogP contribution in [0.1, 0.15) is 16.9 Å². The Bertz CT molecular complexity index is 504. The van der Waals surface area contributed by atoms with Crippen molar-refractivity contribution in [1.29, 1.82) is 0 Å². The van der Waals surface area contributed by atoms with E-state index in [0.717, 1.165) is 0 Å². The van der Waals surface area contributed by atoms with E-state index in [1.54, 1.807) is 12.1 Å². The molecule has 0 saturated heterocycles. The third kappa shape index (κ3) is 5.23. The summed E-state index contributed by atoms with van der Waals surface area (Å²) in [5.41, 5.74) is 0.0306. The van der Waals surface area contributed by atoms with Gasteiger partial charge in [0.1, 0.15) is 12.6 Å². The summed E-state index contributed by atoms with van der Waals surface area (Å²) in [4.78, 5) is 27.1. The standard InChI is InChI=1S/C14H18N2O5/c1-3-8-21-11-5-4-7-15-12(11)13(17)16-10(14(18)19)6-9-20-2/h3-5,7,10H,1,6,8-9H2,2H3,(H,16,17)(H,18,19). The number of hydrogen-bond donors (Lipinski definition) is 2. The van der Waals surface area contributed by atoms with Crippen LogP contribution in [0.4, 0.5) is 0 Å². The van der Waals surface area contributed by atoms with Crippen molar-refractivity contribution >= 4 is 11.9 Å². The van der Waals surface area contributed by atoms with Gasteiger partial charge in [-0.05, 0) is 12.1 Å². The maximum absolute atomic E-state index is 12.1. The molecule has 0 spiro atoms. The second kappa shape index (κ2) is 8.70. The molecule has 1 amide bonds. The smallest absolute Gasteiger partial charge is 0.326 e. The van der Waals surface area contributed by atoms with Crippen molar-refractivity contribution in [3.8, 4) is 5.75 Å². The van der Waals surface area contributed by atoms with Crippen LogP contribution < -0.4 is 10.1 Å². The molecule has 1 rings (SSSR count). The van der Waals surface area contributed by atoms with Crippen molar-refractivity contribution < 1.29 is 24.2 Å². The number of carboxylic acids is 1. The van der Waals surface area contributed by atoms with Crippen molar-refractivity contribution in [1.82, 2.24) is 10.3 Å². The molecule has 1 aromatic rings. The number of methoxy groups -OCH3 is 1. The fourth-order valence-corrected chi connectivity index (χ4v) is 1.55. The largest absolute Gasteiger partial charge is 0.487 e. The number of amides is 1. The minimum atomic E-state index is -1.13. The van der Waals surface area contributed by atoms with Crippen LogP contribution in [0, 0.1) is 0 Å².